The van der Waals surface area contributed by atoms with Crippen LogP contribution in [0.3, 0.4) is 0 Å². The van der Waals surface area contributed by atoms with Gasteiger partial charge in [0.05, 0.1) is 27.3 Å². The fourth-order valence-electron chi connectivity index (χ4n) is 2.91. The van der Waals surface area contributed by atoms with Crippen LogP contribution in [0.4, 0.5) is 5.69 Å². The minimum atomic E-state index is -3.72. The first kappa shape index (κ1) is 20.3. The van der Waals surface area contributed by atoms with Gasteiger partial charge in [0.1, 0.15) is 4.90 Å². The number of sulfonamides is 1. The second-order valence-electron chi connectivity index (χ2n) is 6.41. The molecule has 0 spiro atoms. The standard InChI is InChI=1S/C18H22ClN3O3S2/c1-21-13-26(23)18-16(21)4-3-5-17(18)27(24,25)22(2)11-10-20-12-14-6-8-15(19)9-7-14/h3-9,20H,10-13H2,1-2H3. The zero-order valence-electron chi connectivity index (χ0n) is 15.2. The average Bonchev–Trinajstić information content (AvgIpc) is 2.94. The molecular formula is C18H22ClN3O3S2. The molecule has 3 rings (SSSR count). The molecule has 1 heterocycles. The molecule has 0 aromatic heterocycles. The maximum atomic E-state index is 13.0. The first-order valence-electron chi connectivity index (χ1n) is 8.45. The molecule has 0 saturated carbocycles. The number of fused-ring (bicyclic) bond motifs is 1. The Morgan fingerprint density at radius 2 is 1.93 bits per heavy atom. The van der Waals surface area contributed by atoms with Crippen molar-refractivity contribution in [2.45, 2.75) is 16.3 Å². The van der Waals surface area contributed by atoms with E-state index in [2.05, 4.69) is 5.32 Å². The highest BCUT2D eigenvalue weighted by molar-refractivity contribution is 7.91. The van der Waals surface area contributed by atoms with Gasteiger partial charge in [-0.1, -0.05) is 29.8 Å². The molecule has 1 N–H and O–H groups in total. The number of likely N-dealkylation sites (N-methyl/N-ethyl adjacent to an activating group) is 1. The number of nitrogens with zero attached hydrogens (tertiary/aromatic N) is 2. The molecule has 1 aliphatic rings. The van der Waals surface area contributed by atoms with Crippen molar-refractivity contribution in [2.75, 3.05) is 38.0 Å². The van der Waals surface area contributed by atoms with Crippen molar-refractivity contribution in [1.82, 2.24) is 9.62 Å². The molecule has 6 nitrogen and oxygen atoms in total. The van der Waals surface area contributed by atoms with Gasteiger partial charge in [0.2, 0.25) is 10.0 Å². The predicted molar refractivity (Wildman–Crippen MR) is 109 cm³/mol. The Morgan fingerprint density at radius 3 is 2.63 bits per heavy atom. The van der Waals surface area contributed by atoms with Crippen molar-refractivity contribution in [1.29, 1.82) is 0 Å². The molecule has 0 radical (unpaired) electrons. The van der Waals surface area contributed by atoms with Crippen molar-refractivity contribution < 1.29 is 12.6 Å². The van der Waals surface area contributed by atoms with Gasteiger partial charge in [-0.15, -0.1) is 0 Å². The Morgan fingerprint density at radius 1 is 1.22 bits per heavy atom. The highest BCUT2D eigenvalue weighted by Crippen LogP contribution is 2.36. The summed E-state index contributed by atoms with van der Waals surface area (Å²) in [5, 5.41) is 3.91. The normalized spacial score (nSPS) is 16.7. The van der Waals surface area contributed by atoms with E-state index in [-0.39, 0.29) is 4.90 Å². The molecule has 0 fully saturated rings. The zero-order valence-corrected chi connectivity index (χ0v) is 17.6. The summed E-state index contributed by atoms with van der Waals surface area (Å²) in [6, 6.07) is 12.5. The molecule has 2 aromatic rings. The molecule has 2 aromatic carbocycles. The van der Waals surface area contributed by atoms with Crippen LogP contribution in [0.5, 0.6) is 0 Å². The van der Waals surface area contributed by atoms with Gasteiger partial charge < -0.3 is 10.2 Å². The maximum absolute atomic E-state index is 13.0. The number of halogens is 1. The lowest BCUT2D eigenvalue weighted by molar-refractivity contribution is 0.457. The Labute approximate surface area is 167 Å². The quantitative estimate of drug-likeness (QED) is 0.686. The largest absolute Gasteiger partial charge is 0.361 e. The van der Waals surface area contributed by atoms with Gasteiger partial charge in [0, 0.05) is 38.8 Å². The van der Waals surface area contributed by atoms with Gasteiger partial charge >= 0.3 is 0 Å². The summed E-state index contributed by atoms with van der Waals surface area (Å²) >= 11 is 5.86. The van der Waals surface area contributed by atoms with E-state index in [1.807, 2.05) is 36.2 Å². The van der Waals surface area contributed by atoms with Crippen LogP contribution in [-0.4, -0.2) is 50.0 Å². The van der Waals surface area contributed by atoms with E-state index in [4.69, 9.17) is 11.6 Å². The van der Waals surface area contributed by atoms with E-state index in [1.165, 1.54) is 10.4 Å². The van der Waals surface area contributed by atoms with Crippen LogP contribution in [0.25, 0.3) is 0 Å². The molecule has 0 amide bonds. The van der Waals surface area contributed by atoms with Gasteiger partial charge in [-0.05, 0) is 29.8 Å². The monoisotopic (exact) mass is 427 g/mol. The van der Waals surface area contributed by atoms with Crippen LogP contribution in [-0.2, 0) is 27.4 Å². The predicted octanol–water partition coefficient (Wildman–Crippen LogP) is 2.27. The summed E-state index contributed by atoms with van der Waals surface area (Å²) in [6.45, 7) is 1.43. The summed E-state index contributed by atoms with van der Waals surface area (Å²) in [4.78, 5) is 2.35. The van der Waals surface area contributed by atoms with Crippen LogP contribution in [0.1, 0.15) is 5.56 Å². The van der Waals surface area contributed by atoms with E-state index in [0.717, 1.165) is 5.56 Å². The molecule has 0 aliphatic carbocycles. The van der Waals surface area contributed by atoms with E-state index >= 15 is 0 Å². The van der Waals surface area contributed by atoms with Gasteiger partial charge in [-0.2, -0.15) is 4.31 Å². The number of nitrogens with one attached hydrogen (secondary N) is 1. The number of anilines is 1. The van der Waals surface area contributed by atoms with Gasteiger partial charge in [-0.3, -0.25) is 4.21 Å². The highest BCUT2D eigenvalue weighted by Gasteiger charge is 2.32. The highest BCUT2D eigenvalue weighted by atomic mass is 35.5. The van der Waals surface area contributed by atoms with Crippen LogP contribution in [0, 0.1) is 0 Å². The Bertz CT molecular complexity index is 949. The Balaban J connectivity index is 1.65. The summed E-state index contributed by atoms with van der Waals surface area (Å²) in [6.07, 6.45) is 0. The van der Waals surface area contributed by atoms with E-state index in [1.54, 1.807) is 19.2 Å². The maximum Gasteiger partial charge on any atom is 0.244 e. The lowest BCUT2D eigenvalue weighted by Crippen LogP contribution is -2.34. The molecule has 1 aliphatic heterocycles. The SMILES string of the molecule is CN1CS(=O)c2c1cccc2S(=O)(=O)N(C)CCNCc1ccc(Cl)cc1. The number of hydrogen-bond donors (Lipinski definition) is 1. The third kappa shape index (κ3) is 4.35. The molecule has 0 bridgehead atoms. The summed E-state index contributed by atoms with van der Waals surface area (Å²) in [7, 11) is -1.71. The number of hydrogen-bond acceptors (Lipinski definition) is 5. The van der Waals surface area contributed by atoms with Crippen molar-refractivity contribution >= 4 is 38.1 Å². The molecule has 27 heavy (non-hydrogen) atoms. The third-order valence-corrected chi connectivity index (χ3v) is 8.23. The smallest absolute Gasteiger partial charge is 0.244 e. The molecule has 1 atom stereocenters. The van der Waals surface area contributed by atoms with Crippen molar-refractivity contribution in [3.05, 3.63) is 53.1 Å². The Hall–Kier alpha value is -1.45. The summed E-state index contributed by atoms with van der Waals surface area (Å²) in [5.41, 5.74) is 1.79. The van der Waals surface area contributed by atoms with Crippen LogP contribution < -0.4 is 10.2 Å². The van der Waals surface area contributed by atoms with Gasteiger partial charge in [0.15, 0.2) is 0 Å². The average molecular weight is 428 g/mol. The number of benzene rings is 2. The fourth-order valence-corrected chi connectivity index (χ4v) is 6.25. The first-order valence-corrected chi connectivity index (χ1v) is 11.6. The van der Waals surface area contributed by atoms with Crippen LogP contribution in [0.2, 0.25) is 5.02 Å². The third-order valence-electron chi connectivity index (χ3n) is 4.44. The van der Waals surface area contributed by atoms with Crippen LogP contribution in [0.15, 0.2) is 52.3 Å². The lowest BCUT2D eigenvalue weighted by atomic mass is 10.2. The summed E-state index contributed by atoms with van der Waals surface area (Å²) in [5.74, 6) is 0.314. The van der Waals surface area contributed by atoms with E-state index in [0.29, 0.717) is 41.1 Å². The second kappa shape index (κ2) is 8.28. The minimum absolute atomic E-state index is 0.128. The van der Waals surface area contributed by atoms with Gasteiger partial charge in [0.25, 0.3) is 0 Å². The second-order valence-corrected chi connectivity index (χ2v) is 10.2. The van der Waals surface area contributed by atoms with Crippen molar-refractivity contribution in [2.24, 2.45) is 0 Å². The topological polar surface area (TPSA) is 69.7 Å². The lowest BCUT2D eigenvalue weighted by Gasteiger charge is -2.19. The first-order chi connectivity index (χ1) is 12.8. The molecular weight excluding hydrogens is 406 g/mol. The molecule has 146 valence electrons. The zero-order chi connectivity index (χ0) is 19.6. The molecule has 1 unspecified atom stereocenters. The molecule has 0 saturated heterocycles. The number of rotatable bonds is 7. The fraction of sp³-hybridized carbons (Fsp3) is 0.333. The molecule has 9 heteroatoms. The minimum Gasteiger partial charge on any atom is -0.361 e. The van der Waals surface area contributed by atoms with Crippen LogP contribution >= 0.6 is 11.6 Å². The summed E-state index contributed by atoms with van der Waals surface area (Å²) < 4.78 is 39.6. The van der Waals surface area contributed by atoms with E-state index < -0.39 is 20.8 Å². The van der Waals surface area contributed by atoms with Crippen molar-refractivity contribution in [3.63, 3.8) is 0 Å². The van der Waals surface area contributed by atoms with E-state index in [9.17, 15) is 12.6 Å². The Kier molecular flexibility index (Phi) is 6.22. The van der Waals surface area contributed by atoms with Crippen molar-refractivity contribution in [3.8, 4) is 0 Å². The van der Waals surface area contributed by atoms with Gasteiger partial charge in [-0.25, -0.2) is 8.42 Å².